The maximum atomic E-state index is 12.4. The Morgan fingerprint density at radius 2 is 1.64 bits per heavy atom. The Kier molecular flexibility index (Phi) is 5.18. The van der Waals surface area contributed by atoms with Crippen molar-refractivity contribution >= 4 is 23.3 Å². The van der Waals surface area contributed by atoms with Crippen molar-refractivity contribution in [1.29, 1.82) is 0 Å². The van der Waals surface area contributed by atoms with Crippen LogP contribution in [0.25, 0.3) is 0 Å². The second-order valence-electron chi connectivity index (χ2n) is 5.86. The molecule has 1 heterocycles. The Morgan fingerprint density at radius 1 is 0.960 bits per heavy atom. The lowest BCUT2D eigenvalue weighted by molar-refractivity contribution is 0.102. The molecule has 1 aliphatic heterocycles. The molecule has 130 valence electrons. The highest BCUT2D eigenvalue weighted by molar-refractivity contribution is 6.06. The molecule has 0 aromatic heterocycles. The van der Waals surface area contributed by atoms with Crippen LogP contribution in [0.3, 0.4) is 0 Å². The van der Waals surface area contributed by atoms with E-state index in [1.807, 2.05) is 6.07 Å². The lowest BCUT2D eigenvalue weighted by Gasteiger charge is -2.16. The predicted octanol–water partition coefficient (Wildman–Crippen LogP) is 3.58. The number of carbonyl (C=O) groups is 2. The number of nitrogens with zero attached hydrogens (tertiary/aromatic N) is 1. The maximum absolute atomic E-state index is 12.4. The first-order chi connectivity index (χ1) is 12.2. The summed E-state index contributed by atoms with van der Waals surface area (Å²) >= 11 is 0. The quantitative estimate of drug-likeness (QED) is 0.894. The summed E-state index contributed by atoms with van der Waals surface area (Å²) in [6.07, 6.45) is 2.09. The van der Waals surface area contributed by atoms with Crippen LogP contribution in [-0.4, -0.2) is 37.0 Å². The van der Waals surface area contributed by atoms with E-state index in [0.29, 0.717) is 22.7 Å². The van der Waals surface area contributed by atoms with Gasteiger partial charge in [-0.3, -0.25) is 4.79 Å². The number of hydrogen-bond donors (Lipinski definition) is 2. The molecule has 2 aromatic carbocycles. The number of anilines is 2. The Morgan fingerprint density at radius 3 is 2.36 bits per heavy atom. The molecule has 0 atom stereocenters. The van der Waals surface area contributed by atoms with Crippen molar-refractivity contribution in [3.05, 3.63) is 54.1 Å². The number of urea groups is 1. The van der Waals surface area contributed by atoms with E-state index in [1.54, 1.807) is 47.4 Å². The molecule has 1 saturated heterocycles. The van der Waals surface area contributed by atoms with Crippen molar-refractivity contribution in [3.63, 3.8) is 0 Å². The lowest BCUT2D eigenvalue weighted by Crippen LogP contribution is -2.32. The summed E-state index contributed by atoms with van der Waals surface area (Å²) in [4.78, 5) is 26.4. The van der Waals surface area contributed by atoms with Gasteiger partial charge in [0.15, 0.2) is 0 Å². The minimum absolute atomic E-state index is 0.106. The van der Waals surface area contributed by atoms with Gasteiger partial charge in [0, 0.05) is 24.5 Å². The Labute approximate surface area is 146 Å². The standard InChI is InChI=1S/C19H21N3O3/c1-25-17-10-3-2-9-16(17)18(23)20-14-7-6-8-15(13-14)21-19(24)22-11-4-5-12-22/h2-3,6-10,13H,4-5,11-12H2,1H3,(H,20,23)(H,21,24). The Hall–Kier alpha value is -3.02. The third kappa shape index (κ3) is 4.09. The minimum atomic E-state index is -0.263. The highest BCUT2D eigenvalue weighted by atomic mass is 16.5. The highest BCUT2D eigenvalue weighted by Crippen LogP contribution is 2.21. The van der Waals surface area contributed by atoms with Gasteiger partial charge in [0.05, 0.1) is 12.7 Å². The van der Waals surface area contributed by atoms with E-state index in [-0.39, 0.29) is 11.9 Å². The van der Waals surface area contributed by atoms with E-state index in [1.165, 1.54) is 7.11 Å². The third-order valence-corrected chi connectivity index (χ3v) is 4.12. The number of likely N-dealkylation sites (tertiary alicyclic amines) is 1. The van der Waals surface area contributed by atoms with E-state index in [9.17, 15) is 9.59 Å². The first-order valence-electron chi connectivity index (χ1n) is 8.28. The zero-order chi connectivity index (χ0) is 17.6. The van der Waals surface area contributed by atoms with Gasteiger partial charge in [-0.15, -0.1) is 0 Å². The highest BCUT2D eigenvalue weighted by Gasteiger charge is 2.18. The van der Waals surface area contributed by atoms with E-state index in [4.69, 9.17) is 4.74 Å². The predicted molar refractivity (Wildman–Crippen MR) is 97.2 cm³/mol. The lowest BCUT2D eigenvalue weighted by atomic mass is 10.2. The summed E-state index contributed by atoms with van der Waals surface area (Å²) in [7, 11) is 1.53. The van der Waals surface area contributed by atoms with Crippen LogP contribution in [0.4, 0.5) is 16.2 Å². The first-order valence-corrected chi connectivity index (χ1v) is 8.28. The normalized spacial score (nSPS) is 13.4. The number of rotatable bonds is 4. The van der Waals surface area contributed by atoms with E-state index < -0.39 is 0 Å². The van der Waals surface area contributed by atoms with Gasteiger partial charge in [0.1, 0.15) is 5.75 Å². The van der Waals surface area contributed by atoms with Gasteiger partial charge in [-0.25, -0.2) is 4.79 Å². The molecule has 0 bridgehead atoms. The molecule has 0 aliphatic carbocycles. The van der Waals surface area contributed by atoms with Crippen molar-refractivity contribution < 1.29 is 14.3 Å². The van der Waals surface area contributed by atoms with Gasteiger partial charge in [-0.05, 0) is 43.2 Å². The van der Waals surface area contributed by atoms with Crippen molar-refractivity contribution in [2.75, 3.05) is 30.8 Å². The third-order valence-electron chi connectivity index (χ3n) is 4.12. The van der Waals surface area contributed by atoms with Crippen LogP contribution >= 0.6 is 0 Å². The Bertz CT molecular complexity index is 770. The number of ether oxygens (including phenoxy) is 1. The van der Waals surface area contributed by atoms with Gasteiger partial charge in [0.2, 0.25) is 0 Å². The molecule has 0 saturated carbocycles. The number of carbonyl (C=O) groups excluding carboxylic acids is 2. The van der Waals surface area contributed by atoms with E-state index >= 15 is 0 Å². The molecule has 6 heteroatoms. The van der Waals surface area contributed by atoms with Crippen LogP contribution < -0.4 is 15.4 Å². The van der Waals surface area contributed by atoms with E-state index in [0.717, 1.165) is 25.9 Å². The number of hydrogen-bond acceptors (Lipinski definition) is 3. The summed E-state index contributed by atoms with van der Waals surface area (Å²) < 4.78 is 5.21. The first kappa shape index (κ1) is 16.8. The summed E-state index contributed by atoms with van der Waals surface area (Å²) in [5, 5.41) is 5.70. The second kappa shape index (κ2) is 7.70. The SMILES string of the molecule is COc1ccccc1C(=O)Nc1cccc(NC(=O)N2CCCC2)c1. The fourth-order valence-corrected chi connectivity index (χ4v) is 2.83. The van der Waals surface area contributed by atoms with Gasteiger partial charge in [0.25, 0.3) is 5.91 Å². The summed E-state index contributed by atoms with van der Waals surface area (Å²) in [5.41, 5.74) is 1.71. The number of para-hydroxylation sites is 1. The zero-order valence-corrected chi connectivity index (χ0v) is 14.1. The molecule has 3 amide bonds. The summed E-state index contributed by atoms with van der Waals surface area (Å²) in [6, 6.07) is 14.0. The van der Waals surface area contributed by atoms with Crippen LogP contribution in [0.5, 0.6) is 5.75 Å². The van der Waals surface area contributed by atoms with Crippen LogP contribution in [0.1, 0.15) is 23.2 Å². The van der Waals surface area contributed by atoms with Crippen molar-refractivity contribution in [2.45, 2.75) is 12.8 Å². The molecule has 0 spiro atoms. The zero-order valence-electron chi connectivity index (χ0n) is 14.1. The summed E-state index contributed by atoms with van der Waals surface area (Å²) in [6.45, 7) is 1.58. The molecular weight excluding hydrogens is 318 g/mol. The molecule has 3 rings (SSSR count). The van der Waals surface area contributed by atoms with Crippen molar-refractivity contribution in [3.8, 4) is 5.75 Å². The van der Waals surface area contributed by atoms with Gasteiger partial charge in [-0.2, -0.15) is 0 Å². The molecular formula is C19H21N3O3. The second-order valence-corrected chi connectivity index (χ2v) is 5.86. The van der Waals surface area contributed by atoms with Gasteiger partial charge < -0.3 is 20.3 Å². The van der Waals surface area contributed by atoms with Gasteiger partial charge in [-0.1, -0.05) is 18.2 Å². The Balaban J connectivity index is 1.69. The van der Waals surface area contributed by atoms with Crippen LogP contribution in [0.2, 0.25) is 0 Å². The summed E-state index contributed by atoms with van der Waals surface area (Å²) in [5.74, 6) is 0.249. The van der Waals surface area contributed by atoms with Crippen molar-refractivity contribution in [1.82, 2.24) is 4.90 Å². The molecule has 2 aromatic rings. The van der Waals surface area contributed by atoms with Gasteiger partial charge >= 0.3 is 6.03 Å². The molecule has 1 aliphatic rings. The average molecular weight is 339 g/mol. The largest absolute Gasteiger partial charge is 0.496 e. The monoisotopic (exact) mass is 339 g/mol. The van der Waals surface area contributed by atoms with Crippen LogP contribution in [-0.2, 0) is 0 Å². The smallest absolute Gasteiger partial charge is 0.321 e. The van der Waals surface area contributed by atoms with Crippen LogP contribution in [0, 0.1) is 0 Å². The number of benzene rings is 2. The molecule has 2 N–H and O–H groups in total. The molecule has 1 fully saturated rings. The molecule has 25 heavy (non-hydrogen) atoms. The van der Waals surface area contributed by atoms with Crippen molar-refractivity contribution in [2.24, 2.45) is 0 Å². The number of amides is 3. The fraction of sp³-hybridized carbons (Fsp3) is 0.263. The van der Waals surface area contributed by atoms with Crippen LogP contribution in [0.15, 0.2) is 48.5 Å². The van der Waals surface area contributed by atoms with E-state index in [2.05, 4.69) is 10.6 Å². The average Bonchev–Trinajstić information content (AvgIpc) is 3.17. The number of methoxy groups -OCH3 is 1. The molecule has 0 unspecified atom stereocenters. The molecule has 0 radical (unpaired) electrons. The maximum Gasteiger partial charge on any atom is 0.321 e. The fourth-order valence-electron chi connectivity index (χ4n) is 2.83. The minimum Gasteiger partial charge on any atom is -0.496 e. The number of nitrogens with one attached hydrogen (secondary N) is 2. The molecule has 6 nitrogen and oxygen atoms in total. The topological polar surface area (TPSA) is 70.7 Å².